The van der Waals surface area contributed by atoms with E-state index in [1.54, 1.807) is 30.7 Å². The molecular formula is C24H23N6O4-. The van der Waals surface area contributed by atoms with Gasteiger partial charge in [0.2, 0.25) is 0 Å². The topological polar surface area (TPSA) is 157 Å². The van der Waals surface area contributed by atoms with Gasteiger partial charge in [-0.05, 0) is 60.4 Å². The van der Waals surface area contributed by atoms with Crippen LogP contribution in [-0.4, -0.2) is 21.0 Å². The number of nitrogens with one attached hydrogen (secondary N) is 2. The number of nitrogens with zero attached hydrogens (tertiary/aromatic N) is 4. The minimum absolute atomic E-state index is 0.232. The molecule has 2 heterocycles. The molecule has 1 aliphatic rings. The van der Waals surface area contributed by atoms with Crippen molar-refractivity contribution in [1.82, 2.24) is 9.97 Å². The van der Waals surface area contributed by atoms with Gasteiger partial charge >= 0.3 is 0 Å². The van der Waals surface area contributed by atoms with Crippen molar-refractivity contribution in [1.29, 1.82) is 5.26 Å². The van der Waals surface area contributed by atoms with Crippen LogP contribution in [0.4, 0.5) is 11.5 Å². The van der Waals surface area contributed by atoms with E-state index < -0.39 is 5.09 Å². The standard InChI is InChI=1S/C24H23N5O.NO3/c25-17-24(11-1-2-12-24)19-5-7-20(8-6-19)29-23(30)21-4-3-13-27-22(21)28-16-18-9-14-26-15-10-18;2-1(3)4/h3-10,13-15H,1-2,11-12,16H2,(H,27,28)(H,29,30);/q;-1. The Morgan fingerprint density at radius 3 is 2.32 bits per heavy atom. The SMILES string of the molecule is N#CC1(c2ccc(NC(=O)c3cccnc3NCc3ccncc3)cc2)CCCC1.O=[N+]([O-])[O-]. The second-order valence-corrected chi connectivity index (χ2v) is 7.76. The Morgan fingerprint density at radius 2 is 1.71 bits per heavy atom. The lowest BCUT2D eigenvalue weighted by Gasteiger charge is -2.21. The van der Waals surface area contributed by atoms with Gasteiger partial charge in [-0.2, -0.15) is 5.26 Å². The van der Waals surface area contributed by atoms with Crippen LogP contribution < -0.4 is 10.6 Å². The van der Waals surface area contributed by atoms with Crippen LogP contribution in [0.15, 0.2) is 67.1 Å². The monoisotopic (exact) mass is 459 g/mol. The van der Waals surface area contributed by atoms with Crippen LogP contribution in [0, 0.1) is 26.7 Å². The summed E-state index contributed by atoms with van der Waals surface area (Å²) in [7, 11) is 0. The van der Waals surface area contributed by atoms with E-state index in [1.807, 2.05) is 36.4 Å². The Kier molecular flexibility index (Phi) is 8.07. The summed E-state index contributed by atoms with van der Waals surface area (Å²) in [6, 6.07) is 17.5. The summed E-state index contributed by atoms with van der Waals surface area (Å²) in [5.41, 5.74) is 2.87. The highest BCUT2D eigenvalue weighted by molar-refractivity contribution is 6.07. The fraction of sp³-hybridized carbons (Fsp3) is 0.250. The van der Waals surface area contributed by atoms with Crippen molar-refractivity contribution >= 4 is 17.4 Å². The van der Waals surface area contributed by atoms with E-state index in [0.29, 0.717) is 23.6 Å². The lowest BCUT2D eigenvalue weighted by atomic mass is 9.80. The van der Waals surface area contributed by atoms with Crippen LogP contribution in [-0.2, 0) is 12.0 Å². The maximum atomic E-state index is 12.9. The Bertz CT molecular complexity index is 1150. The van der Waals surface area contributed by atoms with Crippen LogP contribution in [0.3, 0.4) is 0 Å². The van der Waals surface area contributed by atoms with Gasteiger partial charge in [0.25, 0.3) is 5.91 Å². The molecule has 2 N–H and O–H groups in total. The van der Waals surface area contributed by atoms with E-state index in [1.165, 1.54) is 0 Å². The molecule has 0 radical (unpaired) electrons. The van der Waals surface area contributed by atoms with Crippen LogP contribution in [0.5, 0.6) is 0 Å². The third kappa shape index (κ3) is 6.26. The number of carbonyl (C=O) groups excluding carboxylic acids is 1. The van der Waals surface area contributed by atoms with Crippen LogP contribution >= 0.6 is 0 Å². The first-order chi connectivity index (χ1) is 16.4. The predicted octanol–water partition coefficient (Wildman–Crippen LogP) is 4.44. The maximum absolute atomic E-state index is 12.9. The van der Waals surface area contributed by atoms with Gasteiger partial charge in [-0.15, -0.1) is 0 Å². The maximum Gasteiger partial charge on any atom is 0.259 e. The largest absolute Gasteiger partial charge is 0.365 e. The second kappa shape index (κ2) is 11.4. The van der Waals surface area contributed by atoms with Gasteiger partial charge in [0.15, 0.2) is 0 Å². The summed E-state index contributed by atoms with van der Waals surface area (Å²) in [6.45, 7) is 0.546. The van der Waals surface area contributed by atoms with E-state index in [-0.39, 0.29) is 11.3 Å². The molecule has 0 unspecified atom stereocenters. The quantitative estimate of drug-likeness (QED) is 0.404. The molecule has 174 valence electrons. The number of hydrogen-bond acceptors (Lipinski definition) is 8. The van der Waals surface area contributed by atoms with Crippen LogP contribution in [0.1, 0.15) is 47.2 Å². The van der Waals surface area contributed by atoms with Crippen molar-refractivity contribution in [2.24, 2.45) is 0 Å². The van der Waals surface area contributed by atoms with E-state index in [4.69, 9.17) is 15.3 Å². The third-order valence-corrected chi connectivity index (χ3v) is 5.63. The summed E-state index contributed by atoms with van der Waals surface area (Å²) >= 11 is 0. The lowest BCUT2D eigenvalue weighted by molar-refractivity contribution is -0.402. The average Bonchev–Trinajstić information content (AvgIpc) is 3.34. The number of hydrogen-bond donors (Lipinski definition) is 2. The zero-order valence-electron chi connectivity index (χ0n) is 18.3. The van der Waals surface area contributed by atoms with Crippen molar-refractivity contribution in [3.05, 3.63) is 99.1 Å². The van der Waals surface area contributed by atoms with E-state index in [2.05, 4.69) is 26.7 Å². The summed E-state index contributed by atoms with van der Waals surface area (Å²) in [5.74, 6) is 0.293. The molecule has 1 aliphatic carbocycles. The van der Waals surface area contributed by atoms with Crippen molar-refractivity contribution in [3.63, 3.8) is 0 Å². The van der Waals surface area contributed by atoms with Gasteiger partial charge in [-0.25, -0.2) is 4.98 Å². The molecule has 0 aliphatic heterocycles. The number of aromatic nitrogens is 2. The number of nitriles is 1. The molecular weight excluding hydrogens is 436 g/mol. The number of carbonyl (C=O) groups is 1. The molecule has 10 nitrogen and oxygen atoms in total. The smallest absolute Gasteiger partial charge is 0.259 e. The molecule has 0 bridgehead atoms. The molecule has 34 heavy (non-hydrogen) atoms. The molecule has 1 fully saturated rings. The molecule has 2 aromatic heterocycles. The molecule has 4 rings (SSSR count). The number of pyridine rings is 2. The Balaban J connectivity index is 0.000000751. The van der Waals surface area contributed by atoms with E-state index in [9.17, 15) is 10.1 Å². The molecule has 1 amide bonds. The Labute approximate surface area is 196 Å². The van der Waals surface area contributed by atoms with Gasteiger partial charge in [-0.3, -0.25) is 9.78 Å². The van der Waals surface area contributed by atoms with Crippen molar-refractivity contribution in [2.75, 3.05) is 10.6 Å². The second-order valence-electron chi connectivity index (χ2n) is 7.76. The van der Waals surface area contributed by atoms with E-state index in [0.717, 1.165) is 36.8 Å². The van der Waals surface area contributed by atoms with Crippen LogP contribution in [0.25, 0.3) is 0 Å². The Hall–Kier alpha value is -4.52. The van der Waals surface area contributed by atoms with Gasteiger partial charge in [0.1, 0.15) is 5.82 Å². The van der Waals surface area contributed by atoms with E-state index >= 15 is 0 Å². The normalized spacial score (nSPS) is 13.6. The molecule has 0 atom stereocenters. The molecule has 3 aromatic rings. The van der Waals surface area contributed by atoms with Gasteiger partial charge < -0.3 is 26.0 Å². The molecule has 1 aromatic carbocycles. The van der Waals surface area contributed by atoms with Gasteiger partial charge in [0, 0.05) is 30.8 Å². The first kappa shape index (κ1) is 24.1. The average molecular weight is 459 g/mol. The molecule has 0 spiro atoms. The highest BCUT2D eigenvalue weighted by Gasteiger charge is 2.35. The molecule has 1 saturated carbocycles. The first-order valence-electron chi connectivity index (χ1n) is 10.7. The molecule has 0 saturated heterocycles. The minimum Gasteiger partial charge on any atom is -0.365 e. The number of rotatable bonds is 6. The number of amides is 1. The highest BCUT2D eigenvalue weighted by atomic mass is 16.9. The zero-order valence-corrected chi connectivity index (χ0v) is 18.3. The van der Waals surface area contributed by atoms with Crippen molar-refractivity contribution in [2.45, 2.75) is 37.6 Å². The molecule has 10 heteroatoms. The van der Waals surface area contributed by atoms with Crippen LogP contribution in [0.2, 0.25) is 0 Å². The van der Waals surface area contributed by atoms with Gasteiger partial charge in [-0.1, -0.05) is 25.0 Å². The van der Waals surface area contributed by atoms with Gasteiger partial charge in [0.05, 0.1) is 22.1 Å². The predicted molar refractivity (Wildman–Crippen MR) is 126 cm³/mol. The summed E-state index contributed by atoms with van der Waals surface area (Å²) in [5, 5.41) is 30.6. The lowest BCUT2D eigenvalue weighted by Crippen LogP contribution is -2.19. The summed E-state index contributed by atoms with van der Waals surface area (Å²) < 4.78 is 0. The minimum atomic E-state index is -1.75. The first-order valence-corrected chi connectivity index (χ1v) is 10.7. The zero-order chi connectivity index (χ0) is 24.4. The van der Waals surface area contributed by atoms with Crippen molar-refractivity contribution in [3.8, 4) is 6.07 Å². The Morgan fingerprint density at radius 1 is 1.06 bits per heavy atom. The summed E-state index contributed by atoms with van der Waals surface area (Å²) in [4.78, 5) is 29.4. The highest BCUT2D eigenvalue weighted by Crippen LogP contribution is 2.40. The summed E-state index contributed by atoms with van der Waals surface area (Å²) in [6.07, 6.45) is 9.09. The fourth-order valence-electron chi connectivity index (χ4n) is 3.93. The fourth-order valence-corrected chi connectivity index (χ4v) is 3.93. The third-order valence-electron chi connectivity index (χ3n) is 5.63. The number of benzene rings is 1. The number of anilines is 2. The van der Waals surface area contributed by atoms with Crippen molar-refractivity contribution < 1.29 is 9.88 Å².